The van der Waals surface area contributed by atoms with Crippen LogP contribution in [0.25, 0.3) is 0 Å². The monoisotopic (exact) mass is 402 g/mol. The van der Waals surface area contributed by atoms with Crippen LogP contribution in [0.4, 0.5) is 0 Å². The lowest BCUT2D eigenvalue weighted by molar-refractivity contribution is -0.132. The second kappa shape index (κ2) is 9.77. The number of carbonyl (C=O) groups is 1. The average Bonchev–Trinajstić information content (AvgIpc) is 2.79. The number of benzene rings is 3. The van der Waals surface area contributed by atoms with Gasteiger partial charge in [-0.2, -0.15) is 0 Å². The van der Waals surface area contributed by atoms with Crippen LogP contribution in [0.1, 0.15) is 16.4 Å². The van der Waals surface area contributed by atoms with E-state index in [1.165, 1.54) is 5.56 Å². The van der Waals surface area contributed by atoms with Gasteiger partial charge < -0.3 is 4.90 Å². The number of piperazine rings is 1. The van der Waals surface area contributed by atoms with Crippen LogP contribution in [-0.4, -0.2) is 41.9 Å². The number of hydrogen-bond donors (Lipinski definition) is 0. The summed E-state index contributed by atoms with van der Waals surface area (Å²) in [5.74, 6) is 0.212. The zero-order chi connectivity index (χ0) is 19.9. The van der Waals surface area contributed by atoms with Gasteiger partial charge in [0.05, 0.1) is 0 Å². The van der Waals surface area contributed by atoms with E-state index in [4.69, 9.17) is 0 Å². The standard InChI is InChI=1S/C25H26N2OS/c28-25(27-18-16-26(17-19-27)20-21-10-4-1-5-11-21)24(22-12-6-2-7-13-22)29-23-14-8-3-9-15-23/h1-15,24H,16-20H2/t24-/m0/s1. The largest absolute Gasteiger partial charge is 0.339 e. The van der Waals surface area contributed by atoms with Crippen molar-refractivity contribution in [2.24, 2.45) is 0 Å². The Morgan fingerprint density at radius 3 is 1.93 bits per heavy atom. The molecule has 1 aliphatic heterocycles. The lowest BCUT2D eigenvalue weighted by atomic mass is 10.1. The minimum Gasteiger partial charge on any atom is -0.339 e. The van der Waals surface area contributed by atoms with Crippen LogP contribution in [0.3, 0.4) is 0 Å². The molecule has 3 nitrogen and oxygen atoms in total. The topological polar surface area (TPSA) is 23.6 Å². The SMILES string of the molecule is O=C([C@@H](Sc1ccccc1)c1ccccc1)N1CCN(Cc2ccccc2)CC1. The third-order valence-electron chi connectivity index (χ3n) is 5.26. The fourth-order valence-electron chi connectivity index (χ4n) is 3.66. The molecule has 4 heteroatoms. The first kappa shape index (κ1) is 19.7. The Morgan fingerprint density at radius 2 is 1.31 bits per heavy atom. The maximum atomic E-state index is 13.5. The predicted molar refractivity (Wildman–Crippen MR) is 120 cm³/mol. The van der Waals surface area contributed by atoms with E-state index in [0.717, 1.165) is 43.2 Å². The molecule has 148 valence electrons. The first-order valence-corrected chi connectivity index (χ1v) is 11.0. The van der Waals surface area contributed by atoms with Gasteiger partial charge in [0.15, 0.2) is 0 Å². The van der Waals surface area contributed by atoms with Gasteiger partial charge in [-0.25, -0.2) is 0 Å². The molecular formula is C25H26N2OS. The summed E-state index contributed by atoms with van der Waals surface area (Å²) in [6.45, 7) is 4.34. The number of hydrogen-bond acceptors (Lipinski definition) is 3. The lowest BCUT2D eigenvalue weighted by Crippen LogP contribution is -2.49. The molecule has 0 radical (unpaired) electrons. The van der Waals surface area contributed by atoms with E-state index in [1.54, 1.807) is 11.8 Å². The Bertz CT molecular complexity index is 894. The molecule has 0 saturated carbocycles. The number of rotatable bonds is 6. The second-order valence-corrected chi connectivity index (χ2v) is 8.49. The van der Waals surface area contributed by atoms with Crippen LogP contribution in [0.5, 0.6) is 0 Å². The summed E-state index contributed by atoms with van der Waals surface area (Å²) in [5.41, 5.74) is 2.40. The van der Waals surface area contributed by atoms with Gasteiger partial charge in [-0.3, -0.25) is 9.69 Å². The highest BCUT2D eigenvalue weighted by Gasteiger charge is 2.29. The fourth-order valence-corrected chi connectivity index (χ4v) is 4.79. The minimum absolute atomic E-state index is 0.209. The van der Waals surface area contributed by atoms with Crippen molar-refractivity contribution in [3.8, 4) is 0 Å². The molecule has 0 aromatic heterocycles. The van der Waals surface area contributed by atoms with E-state index in [2.05, 4.69) is 53.4 Å². The van der Waals surface area contributed by atoms with E-state index in [1.807, 2.05) is 47.4 Å². The highest BCUT2D eigenvalue weighted by Crippen LogP contribution is 2.36. The first-order chi connectivity index (χ1) is 14.3. The Kier molecular flexibility index (Phi) is 6.65. The summed E-state index contributed by atoms with van der Waals surface area (Å²) in [7, 11) is 0. The van der Waals surface area contributed by atoms with Crippen molar-refractivity contribution in [3.63, 3.8) is 0 Å². The molecular weight excluding hydrogens is 376 g/mol. The highest BCUT2D eigenvalue weighted by atomic mass is 32.2. The molecule has 0 unspecified atom stereocenters. The first-order valence-electron chi connectivity index (χ1n) is 10.1. The van der Waals surface area contributed by atoms with Gasteiger partial charge in [-0.15, -0.1) is 11.8 Å². The molecule has 0 bridgehead atoms. The van der Waals surface area contributed by atoms with Gasteiger partial charge in [-0.1, -0.05) is 78.9 Å². The van der Waals surface area contributed by atoms with Crippen LogP contribution in [0.15, 0.2) is 95.9 Å². The Labute approximate surface area is 177 Å². The van der Waals surface area contributed by atoms with Crippen molar-refractivity contribution in [2.45, 2.75) is 16.7 Å². The van der Waals surface area contributed by atoms with Gasteiger partial charge in [0, 0.05) is 37.6 Å². The van der Waals surface area contributed by atoms with Gasteiger partial charge in [-0.05, 0) is 23.3 Å². The molecule has 1 atom stereocenters. The molecule has 1 aliphatic rings. The van der Waals surface area contributed by atoms with Crippen LogP contribution in [0, 0.1) is 0 Å². The highest BCUT2D eigenvalue weighted by molar-refractivity contribution is 8.00. The molecule has 1 saturated heterocycles. The molecule has 29 heavy (non-hydrogen) atoms. The van der Waals surface area contributed by atoms with Crippen molar-refractivity contribution in [1.82, 2.24) is 9.80 Å². The molecule has 4 rings (SSSR count). The molecule has 1 fully saturated rings. The second-order valence-electron chi connectivity index (χ2n) is 7.31. The summed E-state index contributed by atoms with van der Waals surface area (Å²) in [6.07, 6.45) is 0. The minimum atomic E-state index is -0.209. The zero-order valence-electron chi connectivity index (χ0n) is 16.5. The van der Waals surface area contributed by atoms with Crippen LogP contribution in [0.2, 0.25) is 0 Å². The molecule has 0 aliphatic carbocycles. The van der Waals surface area contributed by atoms with Crippen molar-refractivity contribution in [3.05, 3.63) is 102 Å². The maximum Gasteiger partial charge on any atom is 0.240 e. The number of amides is 1. The summed E-state index contributed by atoms with van der Waals surface area (Å²) in [4.78, 5) is 19.0. The molecule has 3 aromatic carbocycles. The van der Waals surface area contributed by atoms with Gasteiger partial charge >= 0.3 is 0 Å². The third-order valence-corrected chi connectivity index (χ3v) is 6.51. The molecule has 1 amide bonds. The van der Waals surface area contributed by atoms with Crippen molar-refractivity contribution in [2.75, 3.05) is 26.2 Å². The lowest BCUT2D eigenvalue weighted by Gasteiger charge is -2.36. The summed E-state index contributed by atoms with van der Waals surface area (Å²) >= 11 is 1.64. The van der Waals surface area contributed by atoms with Crippen LogP contribution in [-0.2, 0) is 11.3 Å². The number of thioether (sulfide) groups is 1. The van der Waals surface area contributed by atoms with Crippen LogP contribution >= 0.6 is 11.8 Å². The fraction of sp³-hybridized carbons (Fsp3) is 0.240. The van der Waals surface area contributed by atoms with Crippen molar-refractivity contribution >= 4 is 17.7 Å². The van der Waals surface area contributed by atoms with Gasteiger partial charge in [0.25, 0.3) is 0 Å². The molecule has 0 spiro atoms. The van der Waals surface area contributed by atoms with Gasteiger partial charge in [0.2, 0.25) is 5.91 Å². The van der Waals surface area contributed by atoms with Crippen molar-refractivity contribution < 1.29 is 4.79 Å². The Morgan fingerprint density at radius 1 is 0.759 bits per heavy atom. The predicted octanol–water partition coefficient (Wildman–Crippen LogP) is 4.86. The Balaban J connectivity index is 1.43. The average molecular weight is 403 g/mol. The molecule has 1 heterocycles. The third kappa shape index (κ3) is 5.28. The van der Waals surface area contributed by atoms with Gasteiger partial charge in [0.1, 0.15) is 5.25 Å². The van der Waals surface area contributed by atoms with Crippen molar-refractivity contribution in [1.29, 1.82) is 0 Å². The summed E-state index contributed by atoms with van der Waals surface area (Å²) in [5, 5.41) is -0.209. The maximum absolute atomic E-state index is 13.5. The van der Waals surface area contributed by atoms with E-state index in [9.17, 15) is 4.79 Å². The molecule has 0 N–H and O–H groups in total. The normalized spacial score (nSPS) is 15.8. The Hall–Kier alpha value is -2.56. The zero-order valence-corrected chi connectivity index (χ0v) is 17.3. The van der Waals surface area contributed by atoms with E-state index < -0.39 is 0 Å². The number of carbonyl (C=O) groups excluding carboxylic acids is 1. The van der Waals surface area contributed by atoms with Crippen LogP contribution < -0.4 is 0 Å². The van der Waals surface area contributed by atoms with E-state index in [-0.39, 0.29) is 11.2 Å². The smallest absolute Gasteiger partial charge is 0.240 e. The molecule has 3 aromatic rings. The number of nitrogens with zero attached hydrogens (tertiary/aromatic N) is 2. The van der Waals surface area contributed by atoms with E-state index >= 15 is 0 Å². The quantitative estimate of drug-likeness (QED) is 0.550. The summed E-state index contributed by atoms with van der Waals surface area (Å²) < 4.78 is 0. The van der Waals surface area contributed by atoms with E-state index in [0.29, 0.717) is 0 Å². The summed E-state index contributed by atoms with van der Waals surface area (Å²) in [6, 6.07) is 30.9.